The van der Waals surface area contributed by atoms with Crippen molar-refractivity contribution in [2.45, 2.75) is 43.7 Å². The van der Waals surface area contributed by atoms with Crippen LogP contribution in [0.15, 0.2) is 18.2 Å². The molecule has 8 nitrogen and oxygen atoms in total. The second-order valence-electron chi connectivity index (χ2n) is 8.45. The lowest BCUT2D eigenvalue weighted by Crippen LogP contribution is -2.74. The maximum absolute atomic E-state index is 12.8. The summed E-state index contributed by atoms with van der Waals surface area (Å²) in [6, 6.07) is 4.14. The van der Waals surface area contributed by atoms with Gasteiger partial charge in [-0.25, -0.2) is 0 Å². The van der Waals surface area contributed by atoms with Crippen molar-refractivity contribution in [1.29, 1.82) is 0 Å². The molecule has 1 aromatic rings. The fraction of sp³-hybridized carbons (Fsp3) is 0.474. The molecule has 5 aliphatic rings. The number of carbonyl (C=O) groups excluding carboxylic acids is 4. The number of benzene rings is 1. The van der Waals surface area contributed by atoms with Gasteiger partial charge < -0.3 is 11.1 Å². The largest absolute Gasteiger partial charge is 0.384 e. The maximum atomic E-state index is 12.8. The number of imide groups is 2. The van der Waals surface area contributed by atoms with E-state index in [0.717, 1.165) is 36.4 Å². The number of rotatable bonds is 4. The Bertz CT molecular complexity index is 905. The first-order chi connectivity index (χ1) is 12.8. The molecule has 2 aliphatic heterocycles. The summed E-state index contributed by atoms with van der Waals surface area (Å²) in [6.07, 6.45) is 3.35. The van der Waals surface area contributed by atoms with E-state index in [-0.39, 0.29) is 29.7 Å². The van der Waals surface area contributed by atoms with Crippen molar-refractivity contribution in [2.75, 3.05) is 11.9 Å². The number of amides is 4. The van der Waals surface area contributed by atoms with Crippen LogP contribution in [-0.4, -0.2) is 46.7 Å². The molecule has 27 heavy (non-hydrogen) atoms. The number of anilines is 1. The first-order valence-electron chi connectivity index (χ1n) is 9.18. The molecule has 0 spiro atoms. The third-order valence-electron chi connectivity index (χ3n) is 6.29. The fourth-order valence-electron chi connectivity index (χ4n) is 5.14. The van der Waals surface area contributed by atoms with Gasteiger partial charge >= 0.3 is 0 Å². The Labute approximate surface area is 155 Å². The van der Waals surface area contributed by atoms with E-state index in [4.69, 9.17) is 5.73 Å². The lowest BCUT2D eigenvalue weighted by molar-refractivity contribution is -0.136. The molecule has 0 aromatic heterocycles. The number of carbonyl (C=O) groups is 4. The molecule has 4 amide bonds. The highest BCUT2D eigenvalue weighted by Crippen LogP contribution is 2.65. The standard InChI is InChI=1S/C19H20N4O4/c20-19-6-18(7-19,8-19)9-21-10-1-2-11-12(5-10)17(27)23(16(11)26)13-3-4-14(24)22-15(13)25/h1-2,5,13,21H,3-4,6-9,20H2,(H,22,24,25). The number of nitrogens with zero attached hydrogens (tertiary/aromatic N) is 1. The maximum Gasteiger partial charge on any atom is 0.262 e. The van der Waals surface area contributed by atoms with Crippen LogP contribution < -0.4 is 16.4 Å². The van der Waals surface area contributed by atoms with Crippen molar-refractivity contribution in [3.8, 4) is 0 Å². The second-order valence-corrected chi connectivity index (χ2v) is 8.45. The number of nitrogens with one attached hydrogen (secondary N) is 2. The second kappa shape index (κ2) is 5.16. The van der Waals surface area contributed by atoms with Gasteiger partial charge in [0.25, 0.3) is 11.8 Å². The van der Waals surface area contributed by atoms with E-state index < -0.39 is 23.8 Å². The molecule has 8 heteroatoms. The van der Waals surface area contributed by atoms with Gasteiger partial charge in [-0.15, -0.1) is 0 Å². The van der Waals surface area contributed by atoms with Crippen molar-refractivity contribution >= 4 is 29.3 Å². The van der Waals surface area contributed by atoms with Gasteiger partial charge in [-0.2, -0.15) is 0 Å². The minimum atomic E-state index is -0.937. The van der Waals surface area contributed by atoms with Gasteiger partial charge in [0.15, 0.2) is 0 Å². The third-order valence-corrected chi connectivity index (χ3v) is 6.29. The lowest BCUT2D eigenvalue weighted by Gasteiger charge is -2.69. The van der Waals surface area contributed by atoms with Crippen LogP contribution in [0.2, 0.25) is 0 Å². The highest BCUT2D eigenvalue weighted by molar-refractivity contribution is 6.23. The first-order valence-corrected chi connectivity index (χ1v) is 9.18. The number of nitrogens with two attached hydrogens (primary N) is 1. The summed E-state index contributed by atoms with van der Waals surface area (Å²) < 4.78 is 0. The molecule has 3 aliphatic carbocycles. The molecule has 1 aromatic carbocycles. The highest BCUT2D eigenvalue weighted by Gasteiger charge is 2.65. The summed E-state index contributed by atoms with van der Waals surface area (Å²) in [4.78, 5) is 49.9. The van der Waals surface area contributed by atoms with E-state index in [1.54, 1.807) is 18.2 Å². The SMILES string of the molecule is NC12CC(CNc3ccc4c(c3)C(=O)N(C3CCC(=O)NC3=O)C4=O)(C1)C2. The molecular formula is C19H20N4O4. The molecule has 4 fully saturated rings. The Kier molecular flexibility index (Phi) is 3.14. The van der Waals surface area contributed by atoms with Gasteiger partial charge in [0.05, 0.1) is 11.1 Å². The minimum Gasteiger partial charge on any atom is -0.384 e. The lowest BCUT2D eigenvalue weighted by atomic mass is 9.40. The molecule has 2 heterocycles. The zero-order valence-electron chi connectivity index (χ0n) is 14.7. The molecule has 6 rings (SSSR count). The Morgan fingerprint density at radius 3 is 2.48 bits per heavy atom. The van der Waals surface area contributed by atoms with Crippen LogP contribution in [0.25, 0.3) is 0 Å². The van der Waals surface area contributed by atoms with Crippen molar-refractivity contribution in [1.82, 2.24) is 10.2 Å². The predicted molar refractivity (Wildman–Crippen MR) is 94.8 cm³/mol. The van der Waals surface area contributed by atoms with Gasteiger partial charge in [-0.1, -0.05) is 0 Å². The number of hydrogen-bond acceptors (Lipinski definition) is 6. The van der Waals surface area contributed by atoms with Gasteiger partial charge in [-0.05, 0) is 49.3 Å². The van der Waals surface area contributed by atoms with E-state index in [2.05, 4.69) is 10.6 Å². The molecule has 4 N–H and O–H groups in total. The van der Waals surface area contributed by atoms with Crippen molar-refractivity contribution in [2.24, 2.45) is 11.1 Å². The minimum absolute atomic E-state index is 0.0461. The van der Waals surface area contributed by atoms with Crippen LogP contribution >= 0.6 is 0 Å². The van der Waals surface area contributed by atoms with E-state index in [9.17, 15) is 19.2 Å². The Balaban J connectivity index is 1.33. The monoisotopic (exact) mass is 368 g/mol. The summed E-state index contributed by atoms with van der Waals surface area (Å²) in [5.41, 5.74) is 7.76. The molecular weight excluding hydrogens is 348 g/mol. The van der Waals surface area contributed by atoms with Gasteiger partial charge in [0.1, 0.15) is 6.04 Å². The first kappa shape index (κ1) is 16.4. The average Bonchev–Trinajstić information content (AvgIpc) is 2.81. The molecule has 1 saturated heterocycles. The van der Waals surface area contributed by atoms with Crippen LogP contribution in [-0.2, 0) is 9.59 Å². The van der Waals surface area contributed by atoms with Gasteiger partial charge in [0, 0.05) is 24.2 Å². The van der Waals surface area contributed by atoms with Crippen LogP contribution in [0.5, 0.6) is 0 Å². The van der Waals surface area contributed by atoms with Crippen molar-refractivity contribution in [3.63, 3.8) is 0 Å². The van der Waals surface area contributed by atoms with E-state index in [1.165, 1.54) is 0 Å². The van der Waals surface area contributed by atoms with Crippen LogP contribution in [0.3, 0.4) is 0 Å². The van der Waals surface area contributed by atoms with E-state index in [1.807, 2.05) is 0 Å². The zero-order chi connectivity index (χ0) is 19.0. The zero-order valence-corrected chi connectivity index (χ0v) is 14.7. The number of hydrogen-bond donors (Lipinski definition) is 3. The predicted octanol–water partition coefficient (Wildman–Crippen LogP) is 0.381. The number of piperidine rings is 1. The smallest absolute Gasteiger partial charge is 0.262 e. The normalized spacial score (nSPS) is 34.0. The topological polar surface area (TPSA) is 122 Å². The summed E-state index contributed by atoms with van der Waals surface area (Å²) >= 11 is 0. The molecule has 0 radical (unpaired) electrons. The Morgan fingerprint density at radius 2 is 1.81 bits per heavy atom. The van der Waals surface area contributed by atoms with E-state index in [0.29, 0.717) is 11.1 Å². The van der Waals surface area contributed by atoms with Crippen molar-refractivity contribution < 1.29 is 19.2 Å². The van der Waals surface area contributed by atoms with Crippen molar-refractivity contribution in [3.05, 3.63) is 29.3 Å². The quantitative estimate of drug-likeness (QED) is 0.661. The average molecular weight is 368 g/mol. The highest BCUT2D eigenvalue weighted by atomic mass is 16.2. The Morgan fingerprint density at radius 1 is 1.11 bits per heavy atom. The molecule has 2 bridgehead atoms. The van der Waals surface area contributed by atoms with Crippen LogP contribution in [0, 0.1) is 5.41 Å². The van der Waals surface area contributed by atoms with Crippen LogP contribution in [0.4, 0.5) is 5.69 Å². The summed E-state index contributed by atoms with van der Waals surface area (Å²) in [5, 5.41) is 5.55. The molecule has 3 saturated carbocycles. The summed E-state index contributed by atoms with van der Waals surface area (Å²) in [7, 11) is 0. The molecule has 140 valence electrons. The summed E-state index contributed by atoms with van der Waals surface area (Å²) in [5.74, 6) is -1.95. The number of fused-ring (bicyclic) bond motifs is 1. The Hall–Kier alpha value is -2.74. The summed E-state index contributed by atoms with van der Waals surface area (Å²) in [6.45, 7) is 0.795. The molecule has 1 unspecified atom stereocenters. The third kappa shape index (κ3) is 2.32. The fourth-order valence-corrected chi connectivity index (χ4v) is 5.14. The van der Waals surface area contributed by atoms with Gasteiger partial charge in [-0.3, -0.25) is 29.4 Å². The van der Waals surface area contributed by atoms with E-state index >= 15 is 0 Å². The van der Waals surface area contributed by atoms with Gasteiger partial charge in [0.2, 0.25) is 11.8 Å². The molecule has 1 atom stereocenters. The van der Waals surface area contributed by atoms with Crippen LogP contribution in [0.1, 0.15) is 52.8 Å².